The Bertz CT molecular complexity index is 3350. The zero-order valence-corrected chi connectivity index (χ0v) is 40.1. The molecule has 69 heavy (non-hydrogen) atoms. The van der Waals surface area contributed by atoms with Gasteiger partial charge in [-0.25, -0.2) is 0 Å². The van der Waals surface area contributed by atoms with Crippen LogP contribution in [-0.4, -0.2) is 0 Å². The van der Waals surface area contributed by atoms with Gasteiger partial charge in [0.1, 0.15) is 0 Å². The highest BCUT2D eigenvalue weighted by atomic mass is 15.1. The van der Waals surface area contributed by atoms with Crippen molar-refractivity contribution in [2.45, 2.75) is 45.4 Å². The number of rotatable bonds is 10. The summed E-state index contributed by atoms with van der Waals surface area (Å²) >= 11 is 0. The van der Waals surface area contributed by atoms with Crippen molar-refractivity contribution in [1.82, 2.24) is 0 Å². The standard InChI is InChI=1S/C67H56N2/c1-66(2,3)61-34-22-35-62-64(61)56-33-21-36-63(65(56)67(62,4)5)69(53-31-19-10-20-32-53)55-43-39-50(40-44-55)60-46-57(47-23-11-6-12-24-47)59(45-58(60)48-25-13-7-14-26-48)49-37-41-54(42-38-49)68(51-27-15-8-16-28-51)52-29-17-9-18-30-52/h6-46H,1-5H3. The lowest BCUT2D eigenvalue weighted by Gasteiger charge is -2.32. The van der Waals surface area contributed by atoms with Gasteiger partial charge < -0.3 is 9.80 Å². The Morgan fingerprint density at radius 1 is 0.319 bits per heavy atom. The molecular formula is C67H56N2. The van der Waals surface area contributed by atoms with E-state index in [2.05, 4.69) is 293 Å². The topological polar surface area (TPSA) is 6.48 Å². The van der Waals surface area contributed by atoms with Crippen LogP contribution < -0.4 is 9.80 Å². The Morgan fingerprint density at radius 3 is 1.12 bits per heavy atom. The lowest BCUT2D eigenvalue weighted by Crippen LogP contribution is -2.21. The van der Waals surface area contributed by atoms with Crippen molar-refractivity contribution in [2.24, 2.45) is 0 Å². The lowest BCUT2D eigenvalue weighted by molar-refractivity contribution is 0.589. The monoisotopic (exact) mass is 888 g/mol. The summed E-state index contributed by atoms with van der Waals surface area (Å²) in [5, 5.41) is 0. The van der Waals surface area contributed by atoms with Crippen LogP contribution in [0.3, 0.4) is 0 Å². The quantitative estimate of drug-likeness (QED) is 0.135. The smallest absolute Gasteiger partial charge is 0.0508 e. The first-order valence-corrected chi connectivity index (χ1v) is 24.2. The fraction of sp³-hybridized carbons (Fsp3) is 0.104. The van der Waals surface area contributed by atoms with Gasteiger partial charge in [-0.2, -0.15) is 0 Å². The summed E-state index contributed by atoms with van der Waals surface area (Å²) in [6, 6.07) is 90.7. The minimum Gasteiger partial charge on any atom is -0.311 e. The van der Waals surface area contributed by atoms with Gasteiger partial charge in [0.15, 0.2) is 0 Å². The largest absolute Gasteiger partial charge is 0.311 e. The fourth-order valence-electron chi connectivity index (χ4n) is 10.7. The average molecular weight is 889 g/mol. The van der Waals surface area contributed by atoms with Crippen LogP contribution in [-0.2, 0) is 10.8 Å². The van der Waals surface area contributed by atoms with E-state index in [1.807, 2.05) is 0 Å². The van der Waals surface area contributed by atoms with Crippen LogP contribution in [0.2, 0.25) is 0 Å². The number of hydrogen-bond acceptors (Lipinski definition) is 2. The number of fused-ring (bicyclic) bond motifs is 3. The molecule has 1 aliphatic carbocycles. The molecule has 0 atom stereocenters. The Hall–Kier alpha value is -8.20. The Kier molecular flexibility index (Phi) is 11.2. The first-order chi connectivity index (χ1) is 33.6. The van der Waals surface area contributed by atoms with Crippen LogP contribution in [0.4, 0.5) is 34.1 Å². The van der Waals surface area contributed by atoms with E-state index in [1.54, 1.807) is 0 Å². The van der Waals surface area contributed by atoms with Gasteiger partial charge in [-0.05, 0) is 157 Å². The molecule has 0 N–H and O–H groups in total. The van der Waals surface area contributed by atoms with Crippen molar-refractivity contribution in [3.63, 3.8) is 0 Å². The van der Waals surface area contributed by atoms with Crippen LogP contribution >= 0.6 is 0 Å². The van der Waals surface area contributed by atoms with Gasteiger partial charge in [-0.3, -0.25) is 0 Å². The molecule has 10 aromatic carbocycles. The Balaban J connectivity index is 1.05. The maximum atomic E-state index is 2.46. The highest BCUT2D eigenvalue weighted by molar-refractivity contribution is 5.97. The molecule has 0 saturated carbocycles. The second-order valence-corrected chi connectivity index (χ2v) is 19.7. The molecule has 1 aliphatic rings. The molecule has 10 aromatic rings. The van der Waals surface area contributed by atoms with E-state index in [1.165, 1.54) is 66.9 Å². The summed E-state index contributed by atoms with van der Waals surface area (Å²) in [6.07, 6.45) is 0. The molecule has 0 saturated heterocycles. The van der Waals surface area contributed by atoms with Crippen molar-refractivity contribution in [3.8, 4) is 55.6 Å². The van der Waals surface area contributed by atoms with Crippen molar-refractivity contribution in [1.29, 1.82) is 0 Å². The minimum absolute atomic E-state index is 0.00279. The number of benzene rings is 10. The van der Waals surface area contributed by atoms with Crippen molar-refractivity contribution >= 4 is 34.1 Å². The van der Waals surface area contributed by atoms with E-state index >= 15 is 0 Å². The third-order valence-electron chi connectivity index (χ3n) is 14.0. The van der Waals surface area contributed by atoms with Gasteiger partial charge in [0, 0.05) is 33.9 Å². The normalized spacial score (nSPS) is 12.5. The number of nitrogens with zero attached hydrogens (tertiary/aromatic N) is 2. The molecule has 0 aliphatic heterocycles. The van der Waals surface area contributed by atoms with Crippen LogP contribution in [0.1, 0.15) is 51.3 Å². The zero-order chi connectivity index (χ0) is 47.1. The molecule has 0 fully saturated rings. The van der Waals surface area contributed by atoms with Gasteiger partial charge in [0.25, 0.3) is 0 Å². The summed E-state index contributed by atoms with van der Waals surface area (Å²) < 4.78 is 0. The van der Waals surface area contributed by atoms with E-state index in [9.17, 15) is 0 Å². The first-order valence-electron chi connectivity index (χ1n) is 24.2. The second kappa shape index (κ2) is 17.8. The summed E-state index contributed by atoms with van der Waals surface area (Å²) in [5.41, 5.74) is 22.9. The van der Waals surface area contributed by atoms with Gasteiger partial charge in [0.2, 0.25) is 0 Å². The van der Waals surface area contributed by atoms with Crippen LogP contribution in [0.5, 0.6) is 0 Å². The van der Waals surface area contributed by atoms with Crippen LogP contribution in [0.25, 0.3) is 55.6 Å². The average Bonchev–Trinajstić information content (AvgIpc) is 3.64. The molecule has 0 heterocycles. The van der Waals surface area contributed by atoms with E-state index in [-0.39, 0.29) is 10.8 Å². The first kappa shape index (κ1) is 43.4. The Labute approximate surface area is 408 Å². The van der Waals surface area contributed by atoms with Crippen molar-refractivity contribution in [3.05, 3.63) is 265 Å². The minimum atomic E-state index is -0.209. The van der Waals surface area contributed by atoms with Crippen LogP contribution in [0.15, 0.2) is 249 Å². The molecule has 2 heteroatoms. The van der Waals surface area contributed by atoms with E-state index in [0.717, 1.165) is 39.6 Å². The second-order valence-electron chi connectivity index (χ2n) is 19.7. The summed E-state index contributed by atoms with van der Waals surface area (Å²) in [7, 11) is 0. The summed E-state index contributed by atoms with van der Waals surface area (Å²) in [4.78, 5) is 4.78. The Morgan fingerprint density at radius 2 is 0.681 bits per heavy atom. The van der Waals surface area contributed by atoms with E-state index in [0.29, 0.717) is 0 Å². The SMILES string of the molecule is CC(C)(C)c1cccc2c1-c1cccc(N(c3ccccc3)c3ccc(-c4cc(-c5ccccc5)c(-c5ccc(N(c6ccccc6)c6ccccc6)cc5)cc4-c4ccccc4)cc3)c1C2(C)C. The van der Waals surface area contributed by atoms with Gasteiger partial charge in [0.05, 0.1) is 5.69 Å². The number of hydrogen-bond donors (Lipinski definition) is 0. The van der Waals surface area contributed by atoms with Gasteiger partial charge in [-0.1, -0.05) is 204 Å². The predicted octanol–water partition coefficient (Wildman–Crippen LogP) is 18.9. The summed E-state index contributed by atoms with van der Waals surface area (Å²) in [6.45, 7) is 11.8. The molecule has 0 spiro atoms. The predicted molar refractivity (Wildman–Crippen MR) is 294 cm³/mol. The van der Waals surface area contributed by atoms with Gasteiger partial charge in [-0.15, -0.1) is 0 Å². The fourth-order valence-corrected chi connectivity index (χ4v) is 10.7. The molecule has 2 nitrogen and oxygen atoms in total. The maximum absolute atomic E-state index is 2.46. The highest BCUT2D eigenvalue weighted by Gasteiger charge is 2.41. The maximum Gasteiger partial charge on any atom is 0.0508 e. The molecule has 0 aromatic heterocycles. The molecule has 11 rings (SSSR count). The van der Waals surface area contributed by atoms with E-state index < -0.39 is 0 Å². The zero-order valence-electron chi connectivity index (χ0n) is 40.1. The lowest BCUT2D eigenvalue weighted by atomic mass is 9.78. The molecule has 0 radical (unpaired) electrons. The van der Waals surface area contributed by atoms with Gasteiger partial charge >= 0.3 is 0 Å². The van der Waals surface area contributed by atoms with Crippen LogP contribution in [0, 0.1) is 0 Å². The molecule has 0 bridgehead atoms. The molecule has 0 amide bonds. The number of para-hydroxylation sites is 3. The van der Waals surface area contributed by atoms with Crippen molar-refractivity contribution < 1.29 is 0 Å². The molecule has 0 unspecified atom stereocenters. The molecular weight excluding hydrogens is 833 g/mol. The third-order valence-corrected chi connectivity index (χ3v) is 14.0. The molecule has 334 valence electrons. The number of anilines is 6. The van der Waals surface area contributed by atoms with E-state index in [4.69, 9.17) is 0 Å². The van der Waals surface area contributed by atoms with Crippen molar-refractivity contribution in [2.75, 3.05) is 9.80 Å². The highest BCUT2D eigenvalue weighted by Crippen LogP contribution is 2.56. The summed E-state index contributed by atoms with van der Waals surface area (Å²) in [5.74, 6) is 0. The third kappa shape index (κ3) is 8.02.